The number of halogens is 1. The van der Waals surface area contributed by atoms with Crippen LogP contribution in [-0.2, 0) is 19.4 Å². The molecule has 0 spiro atoms. The molecule has 2 aliphatic heterocycles. The molecule has 5 rings (SSSR count). The number of fused-ring (bicyclic) bond motifs is 1. The average molecular weight is 447 g/mol. The van der Waals surface area contributed by atoms with Gasteiger partial charge in [-0.1, -0.05) is 41.9 Å². The highest BCUT2D eigenvalue weighted by atomic mass is 35.5. The molecule has 0 N–H and O–H groups in total. The molecule has 4 heteroatoms. The Labute approximate surface area is 196 Å². The second-order valence-corrected chi connectivity index (χ2v) is 10.4. The van der Waals surface area contributed by atoms with Crippen LogP contribution in [0.1, 0.15) is 60.6 Å². The molecule has 0 unspecified atom stereocenters. The predicted molar refractivity (Wildman–Crippen MR) is 131 cm³/mol. The SMILES string of the molecule is CC1(C)Cc2cc(CN3CCC[C@@H](c4ccc(Cc5ccc(Cl)cc5)cn4)C3)ccc2O1. The number of pyridine rings is 1. The fourth-order valence-electron chi connectivity index (χ4n) is 5.08. The topological polar surface area (TPSA) is 25.4 Å². The summed E-state index contributed by atoms with van der Waals surface area (Å²) in [5.74, 6) is 1.56. The molecule has 0 radical (unpaired) electrons. The number of likely N-dealkylation sites (tertiary alicyclic amines) is 1. The van der Waals surface area contributed by atoms with Gasteiger partial charge in [-0.2, -0.15) is 0 Å². The molecule has 0 aliphatic carbocycles. The number of benzene rings is 2. The number of hydrogen-bond acceptors (Lipinski definition) is 3. The molecule has 0 saturated carbocycles. The summed E-state index contributed by atoms with van der Waals surface area (Å²) in [5, 5.41) is 0.779. The number of aromatic nitrogens is 1. The summed E-state index contributed by atoms with van der Waals surface area (Å²) >= 11 is 6.00. The van der Waals surface area contributed by atoms with Crippen LogP contribution < -0.4 is 4.74 Å². The van der Waals surface area contributed by atoms with Crippen molar-refractivity contribution >= 4 is 11.6 Å². The van der Waals surface area contributed by atoms with Crippen LogP contribution in [0.2, 0.25) is 5.02 Å². The third-order valence-electron chi connectivity index (χ3n) is 6.63. The molecule has 3 nitrogen and oxygen atoms in total. The molecule has 0 amide bonds. The van der Waals surface area contributed by atoms with E-state index < -0.39 is 0 Å². The van der Waals surface area contributed by atoms with Gasteiger partial charge in [-0.3, -0.25) is 9.88 Å². The Bertz CT molecular complexity index is 1080. The monoisotopic (exact) mass is 446 g/mol. The highest BCUT2D eigenvalue weighted by Gasteiger charge is 2.30. The van der Waals surface area contributed by atoms with E-state index in [1.165, 1.54) is 40.8 Å². The maximum Gasteiger partial charge on any atom is 0.123 e. The van der Waals surface area contributed by atoms with E-state index in [4.69, 9.17) is 21.3 Å². The van der Waals surface area contributed by atoms with Crippen molar-refractivity contribution in [2.24, 2.45) is 0 Å². The molecule has 0 bridgehead atoms. The van der Waals surface area contributed by atoms with Crippen molar-refractivity contribution in [2.45, 2.75) is 57.6 Å². The predicted octanol–water partition coefficient (Wildman–Crippen LogP) is 6.42. The molecule has 166 valence electrons. The number of ether oxygens (including phenoxy) is 1. The molecule has 1 saturated heterocycles. The van der Waals surface area contributed by atoms with Crippen LogP contribution in [0.4, 0.5) is 0 Å². The van der Waals surface area contributed by atoms with Crippen LogP contribution in [0.15, 0.2) is 60.8 Å². The van der Waals surface area contributed by atoms with Crippen molar-refractivity contribution in [3.63, 3.8) is 0 Å². The van der Waals surface area contributed by atoms with E-state index >= 15 is 0 Å². The Hall–Kier alpha value is -2.36. The lowest BCUT2D eigenvalue weighted by atomic mass is 9.93. The summed E-state index contributed by atoms with van der Waals surface area (Å²) in [6, 6.07) is 19.3. The first kappa shape index (κ1) is 21.5. The first-order chi connectivity index (χ1) is 15.4. The first-order valence-electron chi connectivity index (χ1n) is 11.7. The lowest BCUT2D eigenvalue weighted by molar-refractivity contribution is 0.138. The van der Waals surface area contributed by atoms with Crippen LogP contribution in [-0.4, -0.2) is 28.6 Å². The largest absolute Gasteiger partial charge is 0.487 e. The molecular formula is C28H31ClN2O. The van der Waals surface area contributed by atoms with Gasteiger partial charge in [0.25, 0.3) is 0 Å². The van der Waals surface area contributed by atoms with E-state index in [-0.39, 0.29) is 5.60 Å². The van der Waals surface area contributed by atoms with Gasteiger partial charge in [-0.05, 0) is 86.2 Å². The molecular weight excluding hydrogens is 416 g/mol. The van der Waals surface area contributed by atoms with E-state index in [1.54, 1.807) is 0 Å². The lowest BCUT2D eigenvalue weighted by Gasteiger charge is -2.32. The van der Waals surface area contributed by atoms with Crippen molar-refractivity contribution < 1.29 is 4.74 Å². The second kappa shape index (κ2) is 8.88. The number of piperidine rings is 1. The smallest absolute Gasteiger partial charge is 0.123 e. The van der Waals surface area contributed by atoms with Gasteiger partial charge in [-0.25, -0.2) is 0 Å². The Morgan fingerprint density at radius 3 is 2.59 bits per heavy atom. The maximum absolute atomic E-state index is 6.04. The van der Waals surface area contributed by atoms with E-state index in [2.05, 4.69) is 61.2 Å². The fourth-order valence-corrected chi connectivity index (χ4v) is 5.21. The van der Waals surface area contributed by atoms with Gasteiger partial charge < -0.3 is 4.74 Å². The van der Waals surface area contributed by atoms with Gasteiger partial charge in [0, 0.05) is 42.3 Å². The molecule has 2 aromatic carbocycles. The van der Waals surface area contributed by atoms with Crippen molar-refractivity contribution in [2.75, 3.05) is 13.1 Å². The zero-order chi connectivity index (χ0) is 22.1. The standard InChI is InChI=1S/C28H31ClN2O/c1-28(2)16-24-15-22(8-12-27(24)32-28)18-31-13-3-4-23(19-31)26-11-7-21(17-30-26)14-20-5-9-25(29)10-6-20/h5-12,15,17,23H,3-4,13-14,16,18-19H2,1-2H3/t23-/m1/s1. The number of nitrogens with zero attached hydrogens (tertiary/aromatic N) is 2. The first-order valence-corrected chi connectivity index (χ1v) is 12.0. The Kier molecular flexibility index (Phi) is 5.96. The van der Waals surface area contributed by atoms with Crippen LogP contribution >= 0.6 is 11.6 Å². The Morgan fingerprint density at radius 1 is 1.03 bits per heavy atom. The zero-order valence-corrected chi connectivity index (χ0v) is 19.7. The Balaban J connectivity index is 1.21. The van der Waals surface area contributed by atoms with Crippen molar-refractivity contribution in [3.05, 3.63) is 93.8 Å². The molecule has 1 aromatic heterocycles. The normalized spacial score (nSPS) is 20.0. The summed E-state index contributed by atoms with van der Waals surface area (Å²) in [4.78, 5) is 7.43. The van der Waals surface area contributed by atoms with Crippen molar-refractivity contribution in [3.8, 4) is 5.75 Å². The van der Waals surface area contributed by atoms with E-state index in [1.807, 2.05) is 18.3 Å². The summed E-state index contributed by atoms with van der Waals surface area (Å²) in [7, 11) is 0. The van der Waals surface area contributed by atoms with Gasteiger partial charge in [0.2, 0.25) is 0 Å². The van der Waals surface area contributed by atoms with Gasteiger partial charge in [0.1, 0.15) is 11.4 Å². The highest BCUT2D eigenvalue weighted by Crippen LogP contribution is 2.36. The van der Waals surface area contributed by atoms with Gasteiger partial charge in [0.05, 0.1) is 0 Å². The molecule has 32 heavy (non-hydrogen) atoms. The summed E-state index contributed by atoms with van der Waals surface area (Å²) in [6.45, 7) is 7.55. The minimum Gasteiger partial charge on any atom is -0.487 e. The van der Waals surface area contributed by atoms with Crippen molar-refractivity contribution in [1.82, 2.24) is 9.88 Å². The quantitative estimate of drug-likeness (QED) is 0.452. The van der Waals surface area contributed by atoms with Crippen LogP contribution in [0.5, 0.6) is 5.75 Å². The van der Waals surface area contributed by atoms with E-state index in [9.17, 15) is 0 Å². The minimum absolute atomic E-state index is 0.0808. The summed E-state index contributed by atoms with van der Waals surface area (Å²) in [6.07, 6.45) is 6.36. The molecule has 2 aliphatic rings. The second-order valence-electron chi connectivity index (χ2n) is 9.95. The molecule has 1 atom stereocenters. The summed E-state index contributed by atoms with van der Waals surface area (Å²) < 4.78 is 6.04. The van der Waals surface area contributed by atoms with Crippen LogP contribution in [0.25, 0.3) is 0 Å². The fraction of sp³-hybridized carbons (Fsp3) is 0.393. The minimum atomic E-state index is -0.0808. The van der Waals surface area contributed by atoms with E-state index in [0.717, 1.165) is 43.2 Å². The molecule has 3 aromatic rings. The van der Waals surface area contributed by atoms with Gasteiger partial charge >= 0.3 is 0 Å². The number of rotatable bonds is 5. The summed E-state index contributed by atoms with van der Waals surface area (Å²) in [5.41, 5.74) is 6.38. The zero-order valence-electron chi connectivity index (χ0n) is 19.0. The third kappa shape index (κ3) is 5.00. The number of hydrogen-bond donors (Lipinski definition) is 0. The van der Waals surface area contributed by atoms with Crippen LogP contribution in [0, 0.1) is 0 Å². The Morgan fingerprint density at radius 2 is 1.81 bits per heavy atom. The van der Waals surface area contributed by atoms with Crippen LogP contribution in [0.3, 0.4) is 0 Å². The average Bonchev–Trinajstić information content (AvgIpc) is 3.09. The third-order valence-corrected chi connectivity index (χ3v) is 6.88. The lowest BCUT2D eigenvalue weighted by Crippen LogP contribution is -2.34. The molecule has 1 fully saturated rings. The van der Waals surface area contributed by atoms with Crippen molar-refractivity contribution in [1.29, 1.82) is 0 Å². The van der Waals surface area contributed by atoms with Gasteiger partial charge in [0.15, 0.2) is 0 Å². The van der Waals surface area contributed by atoms with Gasteiger partial charge in [-0.15, -0.1) is 0 Å². The molecule has 3 heterocycles. The highest BCUT2D eigenvalue weighted by molar-refractivity contribution is 6.30. The maximum atomic E-state index is 6.04. The van der Waals surface area contributed by atoms with E-state index in [0.29, 0.717) is 5.92 Å².